The zero-order valence-electron chi connectivity index (χ0n) is 16.5. The second-order valence-electron chi connectivity index (χ2n) is 6.77. The summed E-state index contributed by atoms with van der Waals surface area (Å²) in [7, 11) is 0. The van der Waals surface area contributed by atoms with Crippen molar-refractivity contribution < 1.29 is 14.4 Å². The summed E-state index contributed by atoms with van der Waals surface area (Å²) >= 11 is 0. The summed E-state index contributed by atoms with van der Waals surface area (Å²) < 4.78 is 0. The molecule has 10 heteroatoms. The minimum absolute atomic E-state index is 0.0884. The predicted octanol–water partition coefficient (Wildman–Crippen LogP) is 1.19. The predicted molar refractivity (Wildman–Crippen MR) is 106 cm³/mol. The van der Waals surface area contributed by atoms with Crippen LogP contribution in [0.2, 0.25) is 0 Å². The summed E-state index contributed by atoms with van der Waals surface area (Å²) in [6, 6.07) is 9.14. The highest BCUT2D eigenvalue weighted by Crippen LogP contribution is 2.08. The molecule has 0 aromatic heterocycles. The van der Waals surface area contributed by atoms with E-state index in [4.69, 9.17) is 10.8 Å². The van der Waals surface area contributed by atoms with Crippen LogP contribution in [0.25, 0.3) is 10.4 Å². The molecular formula is C19H25N7O3. The van der Waals surface area contributed by atoms with E-state index in [0.717, 1.165) is 5.56 Å². The van der Waals surface area contributed by atoms with Crippen molar-refractivity contribution in [3.05, 3.63) is 46.3 Å². The Bertz CT molecular complexity index is 783. The lowest BCUT2D eigenvalue weighted by Crippen LogP contribution is -2.55. The lowest BCUT2D eigenvalue weighted by molar-refractivity contribution is -0.132. The van der Waals surface area contributed by atoms with Crippen LogP contribution < -0.4 is 16.0 Å². The van der Waals surface area contributed by atoms with Gasteiger partial charge in [0.15, 0.2) is 0 Å². The van der Waals surface area contributed by atoms with Crippen molar-refractivity contribution in [2.75, 3.05) is 13.1 Å². The van der Waals surface area contributed by atoms with Crippen LogP contribution >= 0.6 is 0 Å². The van der Waals surface area contributed by atoms with Crippen molar-refractivity contribution in [3.8, 4) is 6.07 Å². The number of nitriles is 1. The van der Waals surface area contributed by atoms with Crippen LogP contribution in [-0.4, -0.2) is 42.9 Å². The topological polar surface area (TPSA) is 160 Å². The molecular weight excluding hydrogens is 374 g/mol. The van der Waals surface area contributed by atoms with E-state index in [-0.39, 0.29) is 18.9 Å². The second kappa shape index (κ2) is 12.8. The summed E-state index contributed by atoms with van der Waals surface area (Å²) in [6.45, 7) is 3.18. The Morgan fingerprint density at radius 3 is 2.41 bits per heavy atom. The van der Waals surface area contributed by atoms with E-state index in [9.17, 15) is 14.4 Å². The minimum atomic E-state index is -0.915. The number of nitrogens with one attached hydrogen (secondary N) is 3. The molecule has 0 radical (unpaired) electrons. The van der Waals surface area contributed by atoms with Crippen molar-refractivity contribution in [2.45, 2.75) is 38.8 Å². The van der Waals surface area contributed by atoms with E-state index in [1.807, 2.05) is 50.2 Å². The van der Waals surface area contributed by atoms with Gasteiger partial charge in [-0.2, -0.15) is 5.26 Å². The van der Waals surface area contributed by atoms with Crippen molar-refractivity contribution >= 4 is 17.7 Å². The Labute approximate surface area is 169 Å². The maximum absolute atomic E-state index is 12.8. The van der Waals surface area contributed by atoms with E-state index in [2.05, 4.69) is 26.0 Å². The van der Waals surface area contributed by atoms with Gasteiger partial charge in [-0.25, -0.2) is 0 Å². The molecule has 29 heavy (non-hydrogen) atoms. The number of benzene rings is 1. The van der Waals surface area contributed by atoms with Crippen LogP contribution in [0.5, 0.6) is 0 Å². The normalized spacial score (nSPS) is 12.1. The highest BCUT2D eigenvalue weighted by Gasteiger charge is 2.27. The molecule has 0 unspecified atom stereocenters. The number of azide groups is 1. The van der Waals surface area contributed by atoms with E-state index in [1.54, 1.807) is 0 Å². The third-order valence-corrected chi connectivity index (χ3v) is 3.89. The first-order chi connectivity index (χ1) is 13.9. The summed E-state index contributed by atoms with van der Waals surface area (Å²) in [5, 5.41) is 19.5. The van der Waals surface area contributed by atoms with E-state index in [0.29, 0.717) is 6.42 Å². The van der Waals surface area contributed by atoms with Crippen LogP contribution in [0, 0.1) is 17.2 Å². The van der Waals surface area contributed by atoms with Crippen LogP contribution in [0.1, 0.15) is 25.8 Å². The lowest BCUT2D eigenvalue weighted by Gasteiger charge is -2.24. The van der Waals surface area contributed by atoms with Gasteiger partial charge in [0.2, 0.25) is 17.7 Å². The average Bonchev–Trinajstić information content (AvgIpc) is 2.69. The standard InChI is InChI=1S/C19H25N7O3/c1-13(2)10-15(24-17(27)12-23-26-21)19(29)25-16(18(28)22-9-8-20)11-14-6-4-3-5-7-14/h3-7,13,15-16H,9-12H2,1-2H3,(H,22,28)(H,24,27)(H,25,29)/t15-,16-/m0/s1. The number of hydrogen-bond acceptors (Lipinski definition) is 5. The molecule has 0 spiro atoms. The number of carbonyl (C=O) groups is 3. The van der Waals surface area contributed by atoms with Crippen LogP contribution in [0.15, 0.2) is 35.4 Å². The quantitative estimate of drug-likeness (QED) is 0.221. The molecule has 1 rings (SSSR count). The molecule has 0 saturated carbocycles. The molecule has 10 nitrogen and oxygen atoms in total. The third-order valence-electron chi connectivity index (χ3n) is 3.89. The molecule has 0 bridgehead atoms. The SMILES string of the molecule is CC(C)C[C@H](NC(=O)CN=[N+]=[N-])C(=O)N[C@@H](Cc1ccccc1)C(=O)NCC#N. The van der Waals surface area contributed by atoms with Gasteiger partial charge in [-0.15, -0.1) is 0 Å². The summed E-state index contributed by atoms with van der Waals surface area (Å²) in [4.78, 5) is 39.6. The summed E-state index contributed by atoms with van der Waals surface area (Å²) in [6.07, 6.45) is 0.566. The van der Waals surface area contributed by atoms with Crippen LogP contribution in [-0.2, 0) is 20.8 Å². The fourth-order valence-electron chi connectivity index (χ4n) is 2.62. The fourth-order valence-corrected chi connectivity index (χ4v) is 2.62. The molecule has 0 aliphatic rings. The number of nitrogens with zero attached hydrogens (tertiary/aromatic N) is 4. The van der Waals surface area contributed by atoms with Crippen LogP contribution in [0.4, 0.5) is 0 Å². The number of amides is 3. The average molecular weight is 399 g/mol. The van der Waals surface area contributed by atoms with Gasteiger partial charge in [0, 0.05) is 11.3 Å². The first-order valence-electron chi connectivity index (χ1n) is 9.16. The molecule has 3 amide bonds. The monoisotopic (exact) mass is 399 g/mol. The molecule has 0 saturated heterocycles. The Hall–Kier alpha value is -3.57. The lowest BCUT2D eigenvalue weighted by atomic mass is 10.0. The molecule has 1 aromatic carbocycles. The second-order valence-corrected chi connectivity index (χ2v) is 6.77. The first-order valence-corrected chi connectivity index (χ1v) is 9.16. The van der Waals surface area contributed by atoms with Gasteiger partial charge in [-0.1, -0.05) is 49.3 Å². The molecule has 3 N–H and O–H groups in total. The molecule has 0 fully saturated rings. The van der Waals surface area contributed by atoms with Crippen molar-refractivity contribution in [3.63, 3.8) is 0 Å². The van der Waals surface area contributed by atoms with Gasteiger partial charge in [0.25, 0.3) is 0 Å². The van der Waals surface area contributed by atoms with Gasteiger partial charge in [0.1, 0.15) is 25.2 Å². The smallest absolute Gasteiger partial charge is 0.243 e. The van der Waals surface area contributed by atoms with Crippen LogP contribution in [0.3, 0.4) is 0 Å². The van der Waals surface area contributed by atoms with Gasteiger partial charge < -0.3 is 16.0 Å². The van der Waals surface area contributed by atoms with Gasteiger partial charge in [-0.05, 0) is 23.4 Å². The maximum Gasteiger partial charge on any atom is 0.243 e. The Morgan fingerprint density at radius 1 is 1.14 bits per heavy atom. The number of carbonyl (C=O) groups excluding carboxylic acids is 3. The van der Waals surface area contributed by atoms with Gasteiger partial charge in [-0.3, -0.25) is 14.4 Å². The Kier molecular flexibility index (Phi) is 10.3. The zero-order valence-corrected chi connectivity index (χ0v) is 16.5. The molecule has 2 atom stereocenters. The summed E-state index contributed by atoms with van der Waals surface area (Å²) in [5.41, 5.74) is 9.16. The van der Waals surface area contributed by atoms with Crippen molar-refractivity contribution in [1.82, 2.24) is 16.0 Å². The molecule has 1 aromatic rings. The Morgan fingerprint density at radius 2 is 1.83 bits per heavy atom. The maximum atomic E-state index is 12.8. The Balaban J connectivity index is 2.93. The zero-order chi connectivity index (χ0) is 21.6. The molecule has 154 valence electrons. The highest BCUT2D eigenvalue weighted by atomic mass is 16.2. The van der Waals surface area contributed by atoms with E-state index < -0.39 is 36.3 Å². The molecule has 0 aliphatic heterocycles. The van der Waals surface area contributed by atoms with Crippen molar-refractivity contribution in [2.24, 2.45) is 11.0 Å². The molecule has 0 heterocycles. The van der Waals surface area contributed by atoms with E-state index >= 15 is 0 Å². The largest absolute Gasteiger partial charge is 0.344 e. The number of hydrogen-bond donors (Lipinski definition) is 3. The number of rotatable bonds is 11. The summed E-state index contributed by atoms with van der Waals surface area (Å²) in [5.74, 6) is -1.52. The molecule has 0 aliphatic carbocycles. The first kappa shape index (κ1) is 23.5. The van der Waals surface area contributed by atoms with Gasteiger partial charge >= 0.3 is 0 Å². The van der Waals surface area contributed by atoms with E-state index in [1.165, 1.54) is 0 Å². The fraction of sp³-hybridized carbons (Fsp3) is 0.474. The van der Waals surface area contributed by atoms with Crippen molar-refractivity contribution in [1.29, 1.82) is 5.26 Å². The third kappa shape index (κ3) is 9.26. The minimum Gasteiger partial charge on any atom is -0.344 e. The highest BCUT2D eigenvalue weighted by molar-refractivity contribution is 5.92. The van der Waals surface area contributed by atoms with Gasteiger partial charge in [0.05, 0.1) is 6.07 Å².